The minimum atomic E-state index is 0.463. The second-order valence-corrected chi connectivity index (χ2v) is 6.95. The molecule has 21 heavy (non-hydrogen) atoms. The molecule has 0 saturated carbocycles. The molecule has 0 saturated heterocycles. The molecule has 1 nitrogen and oxygen atoms in total. The van der Waals surface area contributed by atoms with Crippen LogP contribution in [0.15, 0.2) is 53.4 Å². The van der Waals surface area contributed by atoms with Gasteiger partial charge in [-0.3, -0.25) is 0 Å². The second kappa shape index (κ2) is 6.87. The van der Waals surface area contributed by atoms with Crippen LogP contribution in [-0.2, 0) is 6.42 Å². The maximum atomic E-state index is 6.12. The van der Waals surface area contributed by atoms with E-state index in [2.05, 4.69) is 48.6 Å². The predicted octanol–water partition coefficient (Wildman–Crippen LogP) is 4.75. The Kier molecular flexibility index (Phi) is 4.89. The van der Waals surface area contributed by atoms with Gasteiger partial charge in [0.2, 0.25) is 0 Å². The van der Waals surface area contributed by atoms with E-state index < -0.39 is 0 Å². The van der Waals surface area contributed by atoms with Crippen molar-refractivity contribution in [3.8, 4) is 0 Å². The van der Waals surface area contributed by atoms with Crippen LogP contribution in [0.1, 0.15) is 24.0 Å². The highest BCUT2D eigenvalue weighted by atomic mass is 35.5. The molecule has 0 aromatic heterocycles. The molecule has 1 N–H and O–H groups in total. The quantitative estimate of drug-likeness (QED) is 0.854. The Morgan fingerprint density at radius 1 is 1.24 bits per heavy atom. The lowest BCUT2D eigenvalue weighted by Crippen LogP contribution is -2.37. The molecule has 110 valence electrons. The molecule has 3 heteroatoms. The Morgan fingerprint density at radius 2 is 2.10 bits per heavy atom. The molecule has 2 atom stereocenters. The Bertz CT molecular complexity index is 614. The number of hydrogen-bond donors (Lipinski definition) is 1. The summed E-state index contributed by atoms with van der Waals surface area (Å²) < 4.78 is 0. The topological polar surface area (TPSA) is 12.0 Å². The average Bonchev–Trinajstić information content (AvgIpc) is 2.91. The fourth-order valence-corrected chi connectivity index (χ4v) is 4.60. The lowest BCUT2D eigenvalue weighted by Gasteiger charge is -2.25. The summed E-state index contributed by atoms with van der Waals surface area (Å²) in [6.45, 7) is 3.17. The first kappa shape index (κ1) is 15.0. The first-order valence-corrected chi connectivity index (χ1v) is 8.84. The molecule has 0 aliphatic carbocycles. The van der Waals surface area contributed by atoms with Gasteiger partial charge in [-0.15, -0.1) is 11.8 Å². The molecular formula is C18H20ClNS. The van der Waals surface area contributed by atoms with Crippen molar-refractivity contribution in [2.75, 3.05) is 12.3 Å². The number of hydrogen-bond acceptors (Lipinski definition) is 2. The van der Waals surface area contributed by atoms with E-state index in [1.807, 2.05) is 23.9 Å². The third-order valence-electron chi connectivity index (χ3n) is 4.03. The molecular weight excluding hydrogens is 298 g/mol. The third kappa shape index (κ3) is 3.45. The summed E-state index contributed by atoms with van der Waals surface area (Å²) in [5.41, 5.74) is 2.80. The lowest BCUT2D eigenvalue weighted by atomic mass is 9.89. The summed E-state index contributed by atoms with van der Waals surface area (Å²) in [5, 5.41) is 4.50. The SMILES string of the molecule is CCNC(Cc1cccc(Cl)c1)C1CSc2ccccc21. The fraction of sp³-hybridized carbons (Fsp3) is 0.333. The average molecular weight is 318 g/mol. The smallest absolute Gasteiger partial charge is 0.0408 e. The molecule has 0 bridgehead atoms. The Hall–Kier alpha value is -0.960. The summed E-state index contributed by atoms with van der Waals surface area (Å²) in [6, 6.07) is 17.5. The maximum Gasteiger partial charge on any atom is 0.0408 e. The van der Waals surface area contributed by atoms with E-state index >= 15 is 0 Å². The maximum absolute atomic E-state index is 6.12. The second-order valence-electron chi connectivity index (χ2n) is 5.45. The van der Waals surface area contributed by atoms with Crippen molar-refractivity contribution >= 4 is 23.4 Å². The molecule has 3 rings (SSSR count). The molecule has 1 aliphatic rings. The highest BCUT2D eigenvalue weighted by molar-refractivity contribution is 7.99. The zero-order valence-electron chi connectivity index (χ0n) is 12.2. The zero-order valence-corrected chi connectivity index (χ0v) is 13.8. The molecule has 1 heterocycles. The normalized spacial score (nSPS) is 18.5. The van der Waals surface area contributed by atoms with Gasteiger partial charge < -0.3 is 5.32 Å². The molecule has 0 fully saturated rings. The number of benzene rings is 2. The Balaban J connectivity index is 1.82. The van der Waals surface area contributed by atoms with Gasteiger partial charge in [0.1, 0.15) is 0 Å². The predicted molar refractivity (Wildman–Crippen MR) is 92.5 cm³/mol. The van der Waals surface area contributed by atoms with Gasteiger partial charge in [0.15, 0.2) is 0 Å². The summed E-state index contributed by atoms with van der Waals surface area (Å²) in [5.74, 6) is 1.74. The molecule has 0 radical (unpaired) electrons. The van der Waals surface area contributed by atoms with Gasteiger partial charge in [0.25, 0.3) is 0 Å². The Morgan fingerprint density at radius 3 is 2.90 bits per heavy atom. The van der Waals surface area contributed by atoms with Gasteiger partial charge in [-0.2, -0.15) is 0 Å². The van der Waals surface area contributed by atoms with Crippen LogP contribution < -0.4 is 5.32 Å². The van der Waals surface area contributed by atoms with Crippen molar-refractivity contribution in [1.29, 1.82) is 0 Å². The third-order valence-corrected chi connectivity index (χ3v) is 5.48. The number of thioether (sulfide) groups is 1. The van der Waals surface area contributed by atoms with Crippen LogP contribution in [0, 0.1) is 0 Å². The molecule has 2 aromatic carbocycles. The van der Waals surface area contributed by atoms with Crippen molar-refractivity contribution in [3.05, 3.63) is 64.7 Å². The number of rotatable bonds is 5. The van der Waals surface area contributed by atoms with Crippen LogP contribution in [0.2, 0.25) is 5.02 Å². The molecule has 0 spiro atoms. The number of halogens is 1. The largest absolute Gasteiger partial charge is 0.313 e. The van der Waals surface area contributed by atoms with E-state index in [0.717, 1.165) is 23.7 Å². The van der Waals surface area contributed by atoms with Crippen molar-refractivity contribution in [3.63, 3.8) is 0 Å². The van der Waals surface area contributed by atoms with E-state index in [4.69, 9.17) is 11.6 Å². The van der Waals surface area contributed by atoms with Crippen molar-refractivity contribution < 1.29 is 0 Å². The standard InChI is InChI=1S/C18H20ClNS/c1-2-20-17(11-13-6-5-7-14(19)10-13)16-12-21-18-9-4-3-8-15(16)18/h3-10,16-17,20H,2,11-12H2,1H3. The first-order chi connectivity index (χ1) is 10.3. The van der Waals surface area contributed by atoms with Gasteiger partial charge in [-0.25, -0.2) is 0 Å². The molecule has 0 amide bonds. The highest BCUT2D eigenvalue weighted by Crippen LogP contribution is 2.41. The molecule has 2 aromatic rings. The number of fused-ring (bicyclic) bond motifs is 1. The van der Waals surface area contributed by atoms with Crippen LogP contribution in [0.4, 0.5) is 0 Å². The van der Waals surface area contributed by atoms with E-state index in [1.165, 1.54) is 16.0 Å². The monoisotopic (exact) mass is 317 g/mol. The summed E-state index contributed by atoms with van der Waals surface area (Å²) in [7, 11) is 0. The number of nitrogens with one attached hydrogen (secondary N) is 1. The minimum Gasteiger partial charge on any atom is -0.313 e. The van der Waals surface area contributed by atoms with Crippen LogP contribution in [0.5, 0.6) is 0 Å². The summed E-state index contributed by atoms with van der Waals surface area (Å²) in [6.07, 6.45) is 1.02. The lowest BCUT2D eigenvalue weighted by molar-refractivity contribution is 0.463. The van der Waals surface area contributed by atoms with Crippen LogP contribution in [-0.4, -0.2) is 18.3 Å². The minimum absolute atomic E-state index is 0.463. The van der Waals surface area contributed by atoms with Crippen molar-refractivity contribution in [1.82, 2.24) is 5.32 Å². The highest BCUT2D eigenvalue weighted by Gasteiger charge is 2.29. The van der Waals surface area contributed by atoms with Crippen LogP contribution in [0.3, 0.4) is 0 Å². The van der Waals surface area contributed by atoms with E-state index in [-0.39, 0.29) is 0 Å². The van der Waals surface area contributed by atoms with Gasteiger partial charge in [-0.05, 0) is 42.3 Å². The summed E-state index contributed by atoms with van der Waals surface area (Å²) >= 11 is 8.10. The van der Waals surface area contributed by atoms with Crippen LogP contribution in [0.25, 0.3) is 0 Å². The van der Waals surface area contributed by atoms with Crippen molar-refractivity contribution in [2.24, 2.45) is 0 Å². The van der Waals surface area contributed by atoms with E-state index in [0.29, 0.717) is 12.0 Å². The molecule has 2 unspecified atom stereocenters. The van der Waals surface area contributed by atoms with Gasteiger partial charge in [-0.1, -0.05) is 48.9 Å². The van der Waals surface area contributed by atoms with Crippen molar-refractivity contribution in [2.45, 2.75) is 30.2 Å². The number of likely N-dealkylation sites (N-methyl/N-ethyl adjacent to an activating group) is 1. The van der Waals surface area contributed by atoms with Crippen LogP contribution >= 0.6 is 23.4 Å². The first-order valence-electron chi connectivity index (χ1n) is 7.47. The molecule has 1 aliphatic heterocycles. The Labute approximate surface area is 136 Å². The summed E-state index contributed by atoms with van der Waals surface area (Å²) in [4.78, 5) is 1.44. The van der Waals surface area contributed by atoms with E-state index in [9.17, 15) is 0 Å². The zero-order chi connectivity index (χ0) is 14.7. The van der Waals surface area contributed by atoms with E-state index in [1.54, 1.807) is 0 Å². The van der Waals surface area contributed by atoms with Gasteiger partial charge in [0.05, 0.1) is 0 Å². The van der Waals surface area contributed by atoms with Gasteiger partial charge >= 0.3 is 0 Å². The fourth-order valence-electron chi connectivity index (χ4n) is 3.06. The van der Waals surface area contributed by atoms with Gasteiger partial charge in [0, 0.05) is 27.6 Å².